The summed E-state index contributed by atoms with van der Waals surface area (Å²) in [6.45, 7) is 2.44. The molecule has 0 saturated heterocycles. The Morgan fingerprint density at radius 1 is 1.25 bits per heavy atom. The van der Waals surface area contributed by atoms with Crippen LogP contribution in [0.5, 0.6) is 0 Å². The van der Waals surface area contributed by atoms with Gasteiger partial charge in [-0.1, -0.05) is 36.7 Å². The number of hydrogen-bond acceptors (Lipinski definition) is 4. The van der Waals surface area contributed by atoms with Crippen molar-refractivity contribution in [2.75, 3.05) is 13.7 Å². The quantitative estimate of drug-likeness (QED) is 0.688. The Morgan fingerprint density at radius 2 is 1.96 bits per heavy atom. The van der Waals surface area contributed by atoms with E-state index < -0.39 is 5.97 Å². The van der Waals surface area contributed by atoms with E-state index >= 15 is 0 Å². The highest BCUT2D eigenvalue weighted by Gasteiger charge is 2.25. The lowest BCUT2D eigenvalue weighted by molar-refractivity contribution is -0.136. The molecular weight excluding hydrogens is 378 g/mol. The standard InChI is InChI=1S/C21H26ClN3O3/c1-15-7-9-18(10-8-15)24(2)20(26)14-28-21(27)17-11-23-25(13-17)12-16-5-3-4-6-19(16)22/h3-6,11,13,15,18H,7-10,12,14H2,1-2H3. The van der Waals surface area contributed by atoms with Crippen molar-refractivity contribution in [3.05, 3.63) is 52.8 Å². The van der Waals surface area contributed by atoms with Gasteiger partial charge in [-0.3, -0.25) is 9.48 Å². The Morgan fingerprint density at radius 3 is 2.68 bits per heavy atom. The summed E-state index contributed by atoms with van der Waals surface area (Å²) in [5.74, 6) is 0.000621. The second-order valence-electron chi connectivity index (χ2n) is 7.51. The number of amides is 1. The second kappa shape index (κ2) is 9.24. The van der Waals surface area contributed by atoms with Gasteiger partial charge in [-0.05, 0) is 43.2 Å². The Balaban J connectivity index is 1.50. The lowest BCUT2D eigenvalue weighted by Gasteiger charge is -2.33. The van der Waals surface area contributed by atoms with E-state index in [0.717, 1.165) is 37.2 Å². The molecule has 7 heteroatoms. The number of benzene rings is 1. The molecule has 1 aromatic carbocycles. The Hall–Kier alpha value is -2.34. The number of esters is 1. The molecule has 1 aliphatic rings. The summed E-state index contributed by atoms with van der Waals surface area (Å²) >= 11 is 6.15. The maximum atomic E-state index is 12.4. The van der Waals surface area contributed by atoms with Crippen LogP contribution in [0.1, 0.15) is 48.5 Å². The first-order chi connectivity index (χ1) is 13.4. The monoisotopic (exact) mass is 403 g/mol. The Kier molecular flexibility index (Phi) is 6.73. The van der Waals surface area contributed by atoms with E-state index in [1.165, 1.54) is 6.20 Å². The molecule has 0 bridgehead atoms. The molecule has 0 radical (unpaired) electrons. The molecule has 1 aromatic heterocycles. The van der Waals surface area contributed by atoms with Gasteiger partial charge in [0, 0.05) is 24.3 Å². The van der Waals surface area contributed by atoms with Crippen LogP contribution >= 0.6 is 11.6 Å². The number of halogens is 1. The summed E-state index contributed by atoms with van der Waals surface area (Å²) in [7, 11) is 1.79. The van der Waals surface area contributed by atoms with Gasteiger partial charge in [-0.15, -0.1) is 0 Å². The largest absolute Gasteiger partial charge is 0.452 e. The molecule has 0 aliphatic heterocycles. The summed E-state index contributed by atoms with van der Waals surface area (Å²) in [6, 6.07) is 7.71. The minimum Gasteiger partial charge on any atom is -0.452 e. The fourth-order valence-electron chi connectivity index (χ4n) is 3.50. The maximum Gasteiger partial charge on any atom is 0.341 e. The van der Waals surface area contributed by atoms with E-state index in [0.29, 0.717) is 17.1 Å². The van der Waals surface area contributed by atoms with Crippen LogP contribution in [0, 0.1) is 5.92 Å². The zero-order chi connectivity index (χ0) is 20.1. The molecule has 1 amide bonds. The van der Waals surface area contributed by atoms with Gasteiger partial charge in [0.1, 0.15) is 0 Å². The molecule has 0 spiro atoms. The SMILES string of the molecule is CC1CCC(N(C)C(=O)COC(=O)c2cnn(Cc3ccccc3Cl)c2)CC1. The minimum atomic E-state index is -0.551. The van der Waals surface area contributed by atoms with Gasteiger partial charge in [0.15, 0.2) is 6.61 Å². The van der Waals surface area contributed by atoms with Gasteiger partial charge in [0.2, 0.25) is 0 Å². The summed E-state index contributed by atoms with van der Waals surface area (Å²) in [5.41, 5.74) is 1.22. The number of aromatic nitrogens is 2. The molecule has 28 heavy (non-hydrogen) atoms. The third-order valence-corrected chi connectivity index (χ3v) is 5.78. The number of nitrogens with zero attached hydrogens (tertiary/aromatic N) is 3. The molecule has 1 heterocycles. The minimum absolute atomic E-state index is 0.170. The zero-order valence-corrected chi connectivity index (χ0v) is 17.1. The normalized spacial score (nSPS) is 19.2. The van der Waals surface area contributed by atoms with E-state index in [1.54, 1.807) is 22.8 Å². The molecule has 2 aromatic rings. The number of likely N-dealkylation sites (N-methyl/N-ethyl adjacent to an activating group) is 1. The molecule has 0 unspecified atom stereocenters. The first-order valence-corrected chi connectivity index (χ1v) is 10.0. The molecule has 150 valence electrons. The smallest absolute Gasteiger partial charge is 0.341 e. The van der Waals surface area contributed by atoms with Gasteiger partial charge < -0.3 is 9.64 Å². The number of ether oxygens (including phenoxy) is 1. The van der Waals surface area contributed by atoms with Gasteiger partial charge in [0.25, 0.3) is 5.91 Å². The maximum absolute atomic E-state index is 12.4. The molecule has 3 rings (SSSR count). The highest BCUT2D eigenvalue weighted by Crippen LogP contribution is 2.26. The van der Waals surface area contributed by atoms with Crippen molar-refractivity contribution in [1.29, 1.82) is 0 Å². The van der Waals surface area contributed by atoms with Crippen molar-refractivity contribution in [1.82, 2.24) is 14.7 Å². The van der Waals surface area contributed by atoms with Crippen LogP contribution in [-0.4, -0.2) is 46.3 Å². The Labute approximate surface area is 170 Å². The van der Waals surface area contributed by atoms with Crippen molar-refractivity contribution in [3.8, 4) is 0 Å². The predicted molar refractivity (Wildman–Crippen MR) is 107 cm³/mol. The first kappa shape index (κ1) is 20.4. The molecule has 0 atom stereocenters. The number of carbonyl (C=O) groups is 2. The summed E-state index contributed by atoms with van der Waals surface area (Å²) in [5, 5.41) is 4.82. The van der Waals surface area contributed by atoms with Crippen LogP contribution in [0.4, 0.5) is 0 Å². The summed E-state index contributed by atoms with van der Waals surface area (Å²) in [6.07, 6.45) is 7.32. The Bertz CT molecular complexity index is 828. The number of hydrogen-bond donors (Lipinski definition) is 0. The van der Waals surface area contributed by atoms with Crippen molar-refractivity contribution >= 4 is 23.5 Å². The van der Waals surface area contributed by atoms with Gasteiger partial charge >= 0.3 is 5.97 Å². The molecule has 6 nitrogen and oxygen atoms in total. The van der Waals surface area contributed by atoms with Crippen LogP contribution in [-0.2, 0) is 16.1 Å². The predicted octanol–water partition coefficient (Wildman–Crippen LogP) is 3.78. The van der Waals surface area contributed by atoms with Gasteiger partial charge in [-0.2, -0.15) is 5.10 Å². The third kappa shape index (κ3) is 5.13. The zero-order valence-electron chi connectivity index (χ0n) is 16.3. The lowest BCUT2D eigenvalue weighted by Crippen LogP contribution is -2.41. The van der Waals surface area contributed by atoms with Crippen LogP contribution in [0.25, 0.3) is 0 Å². The highest BCUT2D eigenvalue weighted by atomic mass is 35.5. The molecule has 0 N–H and O–H groups in total. The van der Waals surface area contributed by atoms with E-state index in [-0.39, 0.29) is 18.6 Å². The summed E-state index contributed by atoms with van der Waals surface area (Å²) < 4.78 is 6.82. The van der Waals surface area contributed by atoms with E-state index in [9.17, 15) is 9.59 Å². The summed E-state index contributed by atoms with van der Waals surface area (Å²) in [4.78, 5) is 26.3. The lowest BCUT2D eigenvalue weighted by atomic mass is 9.87. The van der Waals surface area contributed by atoms with E-state index in [1.807, 2.05) is 24.3 Å². The average molecular weight is 404 g/mol. The second-order valence-corrected chi connectivity index (χ2v) is 7.92. The molecule has 1 saturated carbocycles. The third-order valence-electron chi connectivity index (χ3n) is 5.41. The molecular formula is C21H26ClN3O3. The van der Waals surface area contributed by atoms with Gasteiger partial charge in [0.05, 0.1) is 18.3 Å². The van der Waals surface area contributed by atoms with E-state index in [4.69, 9.17) is 16.3 Å². The fraction of sp³-hybridized carbons (Fsp3) is 0.476. The average Bonchev–Trinajstić information content (AvgIpc) is 3.16. The van der Waals surface area contributed by atoms with Crippen LogP contribution in [0.2, 0.25) is 5.02 Å². The first-order valence-electron chi connectivity index (χ1n) is 9.62. The molecule has 1 fully saturated rings. The van der Waals surface area contributed by atoms with Crippen LogP contribution in [0.3, 0.4) is 0 Å². The van der Waals surface area contributed by atoms with Crippen LogP contribution < -0.4 is 0 Å². The highest BCUT2D eigenvalue weighted by molar-refractivity contribution is 6.31. The van der Waals surface area contributed by atoms with Crippen molar-refractivity contribution in [2.45, 2.75) is 45.2 Å². The number of carbonyl (C=O) groups excluding carboxylic acids is 2. The van der Waals surface area contributed by atoms with Crippen molar-refractivity contribution in [2.24, 2.45) is 5.92 Å². The topological polar surface area (TPSA) is 64.4 Å². The van der Waals surface area contributed by atoms with Crippen molar-refractivity contribution < 1.29 is 14.3 Å². The van der Waals surface area contributed by atoms with Crippen LogP contribution in [0.15, 0.2) is 36.7 Å². The molecule has 1 aliphatic carbocycles. The van der Waals surface area contributed by atoms with Gasteiger partial charge in [-0.25, -0.2) is 4.79 Å². The fourth-order valence-corrected chi connectivity index (χ4v) is 3.70. The number of rotatable bonds is 6. The van der Waals surface area contributed by atoms with E-state index in [2.05, 4.69) is 12.0 Å². The van der Waals surface area contributed by atoms with Crippen molar-refractivity contribution in [3.63, 3.8) is 0 Å².